The van der Waals surface area contributed by atoms with Gasteiger partial charge >= 0.3 is 12.0 Å². The molecule has 0 aromatic heterocycles. The number of nitrogens with zero attached hydrogens (tertiary/aromatic N) is 1. The lowest BCUT2D eigenvalue weighted by Gasteiger charge is -2.19. The van der Waals surface area contributed by atoms with Gasteiger partial charge in [0.25, 0.3) is 0 Å². The molecule has 0 fully saturated rings. The Hall–Kier alpha value is -2.44. The first-order chi connectivity index (χ1) is 9.97. The number of amides is 2. The van der Waals surface area contributed by atoms with E-state index in [9.17, 15) is 9.59 Å². The maximum Gasteiger partial charge on any atom is 0.321 e. The van der Waals surface area contributed by atoms with Gasteiger partial charge in [-0.3, -0.25) is 4.79 Å². The Balaban J connectivity index is 2.63. The summed E-state index contributed by atoms with van der Waals surface area (Å²) in [5.41, 5.74) is 0.522. The molecule has 0 aliphatic rings. The number of urea groups is 1. The zero-order valence-electron chi connectivity index (χ0n) is 12.4. The van der Waals surface area contributed by atoms with E-state index in [0.29, 0.717) is 30.2 Å². The maximum absolute atomic E-state index is 12.0. The third-order valence-electron chi connectivity index (χ3n) is 2.88. The third-order valence-corrected chi connectivity index (χ3v) is 2.88. The summed E-state index contributed by atoms with van der Waals surface area (Å²) in [6.07, 6.45) is 0.433. The molecule has 7 heteroatoms. The molecule has 1 aromatic rings. The summed E-state index contributed by atoms with van der Waals surface area (Å²) in [4.78, 5) is 23.9. The van der Waals surface area contributed by atoms with Crippen LogP contribution >= 0.6 is 0 Å². The summed E-state index contributed by atoms with van der Waals surface area (Å²) in [7, 11) is 4.65. The number of anilines is 1. The fourth-order valence-corrected chi connectivity index (χ4v) is 1.68. The second-order valence-electron chi connectivity index (χ2n) is 4.42. The lowest BCUT2D eigenvalue weighted by molar-refractivity contribution is -0.137. The molecule has 0 bridgehead atoms. The fraction of sp³-hybridized carbons (Fsp3) is 0.429. The smallest absolute Gasteiger partial charge is 0.321 e. The van der Waals surface area contributed by atoms with Crippen molar-refractivity contribution in [2.45, 2.75) is 12.8 Å². The normalized spacial score (nSPS) is 9.86. The number of ether oxygens (including phenoxy) is 2. The van der Waals surface area contributed by atoms with Crippen LogP contribution in [0.5, 0.6) is 11.5 Å². The number of benzene rings is 1. The first kappa shape index (κ1) is 16.6. The molecule has 0 saturated heterocycles. The molecule has 21 heavy (non-hydrogen) atoms. The summed E-state index contributed by atoms with van der Waals surface area (Å²) < 4.78 is 10.3. The quantitative estimate of drug-likeness (QED) is 0.803. The Bertz CT molecular complexity index is 504. The molecule has 0 heterocycles. The van der Waals surface area contributed by atoms with Crippen LogP contribution in [0.3, 0.4) is 0 Å². The van der Waals surface area contributed by atoms with Crippen molar-refractivity contribution in [3.05, 3.63) is 18.2 Å². The van der Waals surface area contributed by atoms with Crippen LogP contribution in [0.2, 0.25) is 0 Å². The number of aliphatic carboxylic acids is 1. The van der Waals surface area contributed by atoms with Gasteiger partial charge < -0.3 is 24.8 Å². The first-order valence-corrected chi connectivity index (χ1v) is 6.44. The summed E-state index contributed by atoms with van der Waals surface area (Å²) in [5, 5.41) is 11.3. The molecule has 2 N–H and O–H groups in total. The van der Waals surface area contributed by atoms with Gasteiger partial charge in [0.05, 0.1) is 19.9 Å². The number of carboxylic acids is 1. The molecular weight excluding hydrogens is 276 g/mol. The number of methoxy groups -OCH3 is 2. The van der Waals surface area contributed by atoms with Crippen molar-refractivity contribution in [1.82, 2.24) is 4.90 Å². The topological polar surface area (TPSA) is 88.1 Å². The van der Waals surface area contributed by atoms with E-state index >= 15 is 0 Å². The van der Waals surface area contributed by atoms with Crippen LogP contribution in [0.15, 0.2) is 18.2 Å². The number of carbonyl (C=O) groups excluding carboxylic acids is 1. The third kappa shape index (κ3) is 5.21. The number of carbonyl (C=O) groups is 2. The Morgan fingerprint density at radius 2 is 2.00 bits per heavy atom. The van der Waals surface area contributed by atoms with Crippen molar-refractivity contribution in [3.8, 4) is 11.5 Å². The van der Waals surface area contributed by atoms with E-state index in [4.69, 9.17) is 14.6 Å². The molecule has 0 unspecified atom stereocenters. The molecular formula is C14H20N2O5. The molecule has 0 radical (unpaired) electrons. The number of hydrogen-bond donors (Lipinski definition) is 2. The van der Waals surface area contributed by atoms with Crippen LogP contribution in [0.4, 0.5) is 10.5 Å². The van der Waals surface area contributed by atoms with Crippen LogP contribution < -0.4 is 14.8 Å². The summed E-state index contributed by atoms with van der Waals surface area (Å²) in [5.74, 6) is 0.238. The number of carboxylic acid groups (broad SMARTS) is 1. The van der Waals surface area contributed by atoms with Crippen LogP contribution in [-0.4, -0.2) is 49.8 Å². The molecule has 1 rings (SSSR count). The number of rotatable bonds is 7. The minimum Gasteiger partial charge on any atom is -0.497 e. The Morgan fingerprint density at radius 1 is 1.29 bits per heavy atom. The monoisotopic (exact) mass is 296 g/mol. The van der Waals surface area contributed by atoms with Crippen LogP contribution in [-0.2, 0) is 4.79 Å². The van der Waals surface area contributed by atoms with Crippen LogP contribution in [0.1, 0.15) is 12.8 Å². The molecule has 1 aromatic carbocycles. The van der Waals surface area contributed by atoms with E-state index in [1.54, 1.807) is 32.4 Å². The van der Waals surface area contributed by atoms with Gasteiger partial charge in [0, 0.05) is 26.1 Å². The molecule has 0 aliphatic carbocycles. The molecule has 2 amide bonds. The Labute approximate surface area is 123 Å². The Kier molecular flexibility index (Phi) is 6.32. The molecule has 0 aliphatic heterocycles. The van der Waals surface area contributed by atoms with Crippen molar-refractivity contribution >= 4 is 17.7 Å². The standard InChI is InChI=1S/C14H20N2O5/c1-16(8-4-5-13(17)18)14(19)15-11-7-6-10(20-2)9-12(11)21-3/h6-7,9H,4-5,8H2,1-3H3,(H,15,19)(H,17,18). The van der Waals surface area contributed by atoms with Crippen molar-refractivity contribution in [1.29, 1.82) is 0 Å². The summed E-state index contributed by atoms with van der Waals surface area (Å²) >= 11 is 0. The van der Waals surface area contributed by atoms with E-state index in [-0.39, 0.29) is 12.5 Å². The highest BCUT2D eigenvalue weighted by atomic mass is 16.5. The van der Waals surface area contributed by atoms with Gasteiger partial charge in [0.2, 0.25) is 0 Å². The second kappa shape index (κ2) is 7.98. The van der Waals surface area contributed by atoms with E-state index in [2.05, 4.69) is 5.32 Å². The van der Waals surface area contributed by atoms with Gasteiger partial charge in [-0.15, -0.1) is 0 Å². The van der Waals surface area contributed by atoms with Gasteiger partial charge in [0.1, 0.15) is 11.5 Å². The van der Waals surface area contributed by atoms with E-state index in [0.717, 1.165) is 0 Å². The predicted molar refractivity (Wildman–Crippen MR) is 78.1 cm³/mol. The van der Waals surface area contributed by atoms with Crippen LogP contribution in [0.25, 0.3) is 0 Å². The second-order valence-corrected chi connectivity index (χ2v) is 4.42. The van der Waals surface area contributed by atoms with Crippen molar-refractivity contribution < 1.29 is 24.2 Å². The Morgan fingerprint density at radius 3 is 2.57 bits per heavy atom. The van der Waals surface area contributed by atoms with Crippen molar-refractivity contribution in [2.75, 3.05) is 33.1 Å². The first-order valence-electron chi connectivity index (χ1n) is 6.44. The van der Waals surface area contributed by atoms with Gasteiger partial charge in [0.15, 0.2) is 0 Å². The van der Waals surface area contributed by atoms with E-state index < -0.39 is 5.97 Å². The molecule has 0 saturated carbocycles. The average Bonchev–Trinajstić information content (AvgIpc) is 2.46. The minimum atomic E-state index is -0.874. The highest BCUT2D eigenvalue weighted by molar-refractivity contribution is 5.91. The maximum atomic E-state index is 12.0. The van der Waals surface area contributed by atoms with Gasteiger partial charge in [-0.1, -0.05) is 0 Å². The predicted octanol–water partition coefficient (Wildman–Crippen LogP) is 2.03. The number of nitrogens with one attached hydrogen (secondary N) is 1. The van der Waals surface area contributed by atoms with Gasteiger partial charge in [-0.2, -0.15) is 0 Å². The molecule has 0 atom stereocenters. The SMILES string of the molecule is COc1ccc(NC(=O)N(C)CCCC(=O)O)c(OC)c1. The van der Waals surface area contributed by atoms with Gasteiger partial charge in [-0.25, -0.2) is 4.79 Å². The molecule has 7 nitrogen and oxygen atoms in total. The summed E-state index contributed by atoms with van der Waals surface area (Å²) in [6, 6.07) is 4.73. The van der Waals surface area contributed by atoms with Crippen molar-refractivity contribution in [3.63, 3.8) is 0 Å². The molecule has 116 valence electrons. The zero-order valence-corrected chi connectivity index (χ0v) is 12.4. The number of hydrogen-bond acceptors (Lipinski definition) is 4. The highest BCUT2D eigenvalue weighted by Crippen LogP contribution is 2.29. The molecule has 0 spiro atoms. The lowest BCUT2D eigenvalue weighted by atomic mass is 10.2. The zero-order chi connectivity index (χ0) is 15.8. The van der Waals surface area contributed by atoms with Gasteiger partial charge in [-0.05, 0) is 18.6 Å². The lowest BCUT2D eigenvalue weighted by Crippen LogP contribution is -2.32. The minimum absolute atomic E-state index is 0.0312. The van der Waals surface area contributed by atoms with Crippen LogP contribution in [0, 0.1) is 0 Å². The van der Waals surface area contributed by atoms with E-state index in [1.807, 2.05) is 0 Å². The summed E-state index contributed by atoms with van der Waals surface area (Å²) in [6.45, 7) is 0.358. The van der Waals surface area contributed by atoms with Crippen molar-refractivity contribution in [2.24, 2.45) is 0 Å². The average molecular weight is 296 g/mol. The van der Waals surface area contributed by atoms with E-state index in [1.165, 1.54) is 12.0 Å². The fourth-order valence-electron chi connectivity index (χ4n) is 1.68. The highest BCUT2D eigenvalue weighted by Gasteiger charge is 2.12. The largest absolute Gasteiger partial charge is 0.497 e.